The largest absolute Gasteiger partial charge is 0.391 e. The summed E-state index contributed by atoms with van der Waals surface area (Å²) in [6, 6.07) is 3.43. The highest BCUT2D eigenvalue weighted by molar-refractivity contribution is 6.31. The highest BCUT2D eigenvalue weighted by Gasteiger charge is 2.25. The summed E-state index contributed by atoms with van der Waals surface area (Å²) in [5.41, 5.74) is -0.103. The molecule has 1 amide bonds. The predicted molar refractivity (Wildman–Crippen MR) is 73.8 cm³/mol. The van der Waals surface area contributed by atoms with Crippen molar-refractivity contribution < 1.29 is 14.8 Å². The molecular formula is C13H15ClN2O4. The quantitative estimate of drug-likeness (QED) is 0.661. The van der Waals surface area contributed by atoms with E-state index in [0.717, 1.165) is 12.8 Å². The summed E-state index contributed by atoms with van der Waals surface area (Å²) in [7, 11) is 0. The smallest absolute Gasteiger partial charge is 0.271 e. The van der Waals surface area contributed by atoms with Gasteiger partial charge in [0.25, 0.3) is 11.6 Å². The molecule has 1 aliphatic rings. The van der Waals surface area contributed by atoms with Crippen LogP contribution in [0.1, 0.15) is 36.0 Å². The summed E-state index contributed by atoms with van der Waals surface area (Å²) < 4.78 is 0. The van der Waals surface area contributed by atoms with Crippen LogP contribution in [-0.4, -0.2) is 28.1 Å². The van der Waals surface area contributed by atoms with E-state index in [9.17, 15) is 20.0 Å². The number of nitro groups is 1. The summed E-state index contributed by atoms with van der Waals surface area (Å²) in [4.78, 5) is 22.2. The zero-order valence-corrected chi connectivity index (χ0v) is 11.5. The van der Waals surface area contributed by atoms with Gasteiger partial charge in [0.15, 0.2) is 0 Å². The molecule has 20 heavy (non-hydrogen) atoms. The minimum atomic E-state index is -0.599. The molecule has 2 atom stereocenters. The molecule has 2 N–H and O–H groups in total. The number of nitrogens with zero attached hydrogens (tertiary/aromatic N) is 1. The van der Waals surface area contributed by atoms with Crippen LogP contribution >= 0.6 is 11.6 Å². The number of nitrogens with one attached hydrogen (secondary N) is 1. The molecule has 1 saturated carbocycles. The van der Waals surface area contributed by atoms with E-state index in [1.54, 1.807) is 0 Å². The lowest BCUT2D eigenvalue weighted by Crippen LogP contribution is -2.45. The Kier molecular flexibility index (Phi) is 4.57. The van der Waals surface area contributed by atoms with Crippen molar-refractivity contribution in [3.63, 3.8) is 0 Å². The molecule has 6 nitrogen and oxygen atoms in total. The number of aliphatic hydroxyl groups is 1. The molecule has 1 aromatic carbocycles. The molecule has 108 valence electrons. The summed E-state index contributed by atoms with van der Waals surface area (Å²) in [5, 5.41) is 23.4. The minimum absolute atomic E-state index is 0.127. The van der Waals surface area contributed by atoms with E-state index in [1.165, 1.54) is 18.2 Å². The van der Waals surface area contributed by atoms with Crippen LogP contribution in [0.25, 0.3) is 0 Å². The first-order valence-corrected chi connectivity index (χ1v) is 6.79. The van der Waals surface area contributed by atoms with Crippen molar-refractivity contribution in [3.05, 3.63) is 38.9 Å². The maximum atomic E-state index is 12.1. The van der Waals surface area contributed by atoms with Crippen LogP contribution in [0.2, 0.25) is 5.02 Å². The molecule has 1 aromatic rings. The lowest BCUT2D eigenvalue weighted by atomic mass is 9.92. The summed E-state index contributed by atoms with van der Waals surface area (Å²) >= 11 is 5.78. The Morgan fingerprint density at radius 2 is 2.05 bits per heavy atom. The van der Waals surface area contributed by atoms with Crippen molar-refractivity contribution in [1.29, 1.82) is 0 Å². The third-order valence-electron chi connectivity index (χ3n) is 3.40. The zero-order chi connectivity index (χ0) is 14.7. The van der Waals surface area contributed by atoms with Gasteiger partial charge < -0.3 is 10.4 Å². The first-order chi connectivity index (χ1) is 9.47. The number of carbonyl (C=O) groups is 1. The van der Waals surface area contributed by atoms with Gasteiger partial charge in [0.05, 0.1) is 17.1 Å². The average Bonchev–Trinajstić information content (AvgIpc) is 2.40. The second-order valence-corrected chi connectivity index (χ2v) is 5.32. The van der Waals surface area contributed by atoms with E-state index in [2.05, 4.69) is 5.32 Å². The highest BCUT2D eigenvalue weighted by Crippen LogP contribution is 2.22. The standard InChI is InChI=1S/C13H15ClN2O4/c14-9-5-8(6-10(7-9)16(19)20)13(18)15-11-3-1-2-4-12(11)17/h5-7,11-12,17H,1-4H2,(H,15,18)/t11-,12-/m1/s1. The van der Waals surface area contributed by atoms with Crippen molar-refractivity contribution in [2.45, 2.75) is 37.8 Å². The Hall–Kier alpha value is -1.66. The summed E-state index contributed by atoms with van der Waals surface area (Å²) in [6.45, 7) is 0. The molecule has 0 saturated heterocycles. The van der Waals surface area contributed by atoms with Crippen LogP contribution in [0.3, 0.4) is 0 Å². The van der Waals surface area contributed by atoms with Gasteiger partial charge >= 0.3 is 0 Å². The number of hydrogen-bond donors (Lipinski definition) is 2. The van der Waals surface area contributed by atoms with Crippen LogP contribution < -0.4 is 5.32 Å². The maximum absolute atomic E-state index is 12.1. The summed E-state index contributed by atoms with van der Waals surface area (Å²) in [5.74, 6) is -0.457. The van der Waals surface area contributed by atoms with E-state index in [0.29, 0.717) is 12.8 Å². The number of carbonyl (C=O) groups excluding carboxylic acids is 1. The molecule has 0 unspecified atom stereocenters. The monoisotopic (exact) mass is 298 g/mol. The molecule has 1 aliphatic carbocycles. The van der Waals surface area contributed by atoms with Crippen LogP contribution in [0.5, 0.6) is 0 Å². The SMILES string of the molecule is O=C(N[C@@H]1CCCC[C@H]1O)c1cc(Cl)cc([N+](=O)[O-])c1. The molecule has 7 heteroatoms. The minimum Gasteiger partial charge on any atom is -0.391 e. The molecule has 0 spiro atoms. The molecule has 2 rings (SSSR count). The fourth-order valence-electron chi connectivity index (χ4n) is 2.34. The molecule has 0 aliphatic heterocycles. The Labute approximate surface area is 120 Å². The Bertz CT molecular complexity index is 535. The number of nitro benzene ring substituents is 1. The van der Waals surface area contributed by atoms with Crippen LogP contribution in [0, 0.1) is 10.1 Å². The Balaban J connectivity index is 2.14. The van der Waals surface area contributed by atoms with Crippen LogP contribution in [0.15, 0.2) is 18.2 Å². The zero-order valence-electron chi connectivity index (χ0n) is 10.7. The van der Waals surface area contributed by atoms with Crippen molar-refractivity contribution in [1.82, 2.24) is 5.32 Å². The number of amides is 1. The van der Waals surface area contributed by atoms with E-state index in [-0.39, 0.29) is 22.3 Å². The van der Waals surface area contributed by atoms with Crippen molar-refractivity contribution >= 4 is 23.2 Å². The van der Waals surface area contributed by atoms with E-state index < -0.39 is 16.9 Å². The average molecular weight is 299 g/mol. The molecule has 0 aromatic heterocycles. The molecule has 0 heterocycles. The van der Waals surface area contributed by atoms with Gasteiger partial charge in [-0.1, -0.05) is 24.4 Å². The summed E-state index contributed by atoms with van der Waals surface area (Å²) in [6.07, 6.45) is 2.67. The first kappa shape index (κ1) is 14.7. The molecule has 0 bridgehead atoms. The fourth-order valence-corrected chi connectivity index (χ4v) is 2.57. The fraction of sp³-hybridized carbons (Fsp3) is 0.462. The van der Waals surface area contributed by atoms with Crippen LogP contribution in [0.4, 0.5) is 5.69 Å². The van der Waals surface area contributed by atoms with E-state index >= 15 is 0 Å². The molecule has 0 radical (unpaired) electrons. The van der Waals surface area contributed by atoms with Gasteiger partial charge in [-0.2, -0.15) is 0 Å². The first-order valence-electron chi connectivity index (χ1n) is 6.41. The van der Waals surface area contributed by atoms with Gasteiger partial charge in [-0.25, -0.2) is 0 Å². The maximum Gasteiger partial charge on any atom is 0.271 e. The normalized spacial score (nSPS) is 22.3. The van der Waals surface area contributed by atoms with Gasteiger partial charge in [0, 0.05) is 22.7 Å². The highest BCUT2D eigenvalue weighted by atomic mass is 35.5. The third-order valence-corrected chi connectivity index (χ3v) is 3.62. The van der Waals surface area contributed by atoms with Gasteiger partial charge in [0.2, 0.25) is 0 Å². The van der Waals surface area contributed by atoms with Gasteiger partial charge in [0.1, 0.15) is 0 Å². The Morgan fingerprint density at radius 3 is 2.70 bits per heavy atom. The number of aliphatic hydroxyl groups excluding tert-OH is 1. The second kappa shape index (κ2) is 6.19. The Morgan fingerprint density at radius 1 is 1.35 bits per heavy atom. The van der Waals surface area contributed by atoms with Gasteiger partial charge in [-0.15, -0.1) is 0 Å². The number of benzene rings is 1. The van der Waals surface area contributed by atoms with Crippen molar-refractivity contribution in [2.75, 3.05) is 0 Å². The number of hydrogen-bond acceptors (Lipinski definition) is 4. The number of non-ortho nitro benzene ring substituents is 1. The lowest BCUT2D eigenvalue weighted by molar-refractivity contribution is -0.384. The van der Waals surface area contributed by atoms with Crippen molar-refractivity contribution in [3.8, 4) is 0 Å². The van der Waals surface area contributed by atoms with E-state index in [1.807, 2.05) is 0 Å². The number of halogens is 1. The van der Waals surface area contributed by atoms with Crippen molar-refractivity contribution in [2.24, 2.45) is 0 Å². The lowest BCUT2D eigenvalue weighted by Gasteiger charge is -2.28. The third kappa shape index (κ3) is 3.46. The van der Waals surface area contributed by atoms with Gasteiger partial charge in [-0.05, 0) is 18.9 Å². The van der Waals surface area contributed by atoms with Gasteiger partial charge in [-0.3, -0.25) is 14.9 Å². The van der Waals surface area contributed by atoms with E-state index in [4.69, 9.17) is 11.6 Å². The second-order valence-electron chi connectivity index (χ2n) is 4.89. The number of rotatable bonds is 3. The molecular weight excluding hydrogens is 284 g/mol. The topological polar surface area (TPSA) is 92.5 Å². The predicted octanol–water partition coefficient (Wildman–Crippen LogP) is 2.28. The molecule has 1 fully saturated rings. The van der Waals surface area contributed by atoms with Crippen LogP contribution in [-0.2, 0) is 0 Å².